The fourth-order valence-electron chi connectivity index (χ4n) is 3.89. The van der Waals surface area contributed by atoms with Gasteiger partial charge < -0.3 is 10.4 Å². The molecule has 0 aromatic heterocycles. The van der Waals surface area contributed by atoms with Crippen molar-refractivity contribution >= 4 is 17.3 Å². The first-order valence-corrected chi connectivity index (χ1v) is 7.81. The summed E-state index contributed by atoms with van der Waals surface area (Å²) < 4.78 is 0. The third-order valence-corrected chi connectivity index (χ3v) is 5.27. The molecule has 2 nitrogen and oxygen atoms in total. The standard InChI is InChI=1S/C16H22ClNO/c17-13-8-1-2-9-14(13)18-15-10-5-7-12-6-3-4-11-16(12,15)19/h1-2,8-9,12,15,18-19H,3-7,10-11H2/t12-,15?,16-/m1/s1. The largest absolute Gasteiger partial charge is 0.387 e. The van der Waals surface area contributed by atoms with Gasteiger partial charge in [0.05, 0.1) is 22.4 Å². The number of halogens is 1. The predicted molar refractivity (Wildman–Crippen MR) is 79.6 cm³/mol. The van der Waals surface area contributed by atoms with E-state index in [-0.39, 0.29) is 6.04 Å². The van der Waals surface area contributed by atoms with Gasteiger partial charge in [0.25, 0.3) is 0 Å². The lowest BCUT2D eigenvalue weighted by Gasteiger charge is -2.49. The average molecular weight is 280 g/mol. The second-order valence-corrected chi connectivity index (χ2v) is 6.45. The van der Waals surface area contributed by atoms with Crippen molar-refractivity contribution in [2.24, 2.45) is 5.92 Å². The van der Waals surface area contributed by atoms with Crippen LogP contribution in [0.25, 0.3) is 0 Å². The molecule has 0 spiro atoms. The van der Waals surface area contributed by atoms with Crippen LogP contribution in [0.1, 0.15) is 44.9 Å². The van der Waals surface area contributed by atoms with E-state index in [1.54, 1.807) is 0 Å². The van der Waals surface area contributed by atoms with E-state index in [1.165, 1.54) is 25.7 Å². The molecule has 0 radical (unpaired) electrons. The van der Waals surface area contributed by atoms with Gasteiger partial charge in [-0.3, -0.25) is 0 Å². The lowest BCUT2D eigenvalue weighted by Crippen LogP contribution is -2.56. The Morgan fingerprint density at radius 3 is 2.74 bits per heavy atom. The van der Waals surface area contributed by atoms with Gasteiger partial charge in [-0.15, -0.1) is 0 Å². The van der Waals surface area contributed by atoms with Crippen LogP contribution in [0.3, 0.4) is 0 Å². The maximum atomic E-state index is 11.1. The molecular formula is C16H22ClNO. The molecule has 1 aromatic rings. The highest BCUT2D eigenvalue weighted by molar-refractivity contribution is 6.33. The minimum atomic E-state index is -0.532. The van der Waals surface area contributed by atoms with Crippen molar-refractivity contribution in [3.63, 3.8) is 0 Å². The second kappa shape index (κ2) is 5.34. The third-order valence-electron chi connectivity index (χ3n) is 4.94. The third kappa shape index (κ3) is 2.48. The summed E-state index contributed by atoms with van der Waals surface area (Å²) in [6.07, 6.45) is 7.95. The molecule has 3 heteroatoms. The SMILES string of the molecule is O[C@]12CCCC[C@@H]1CCCC2Nc1ccccc1Cl. The van der Waals surface area contributed by atoms with Gasteiger partial charge in [0.1, 0.15) is 0 Å². The Morgan fingerprint density at radius 1 is 1.11 bits per heavy atom. The number of benzene rings is 1. The summed E-state index contributed by atoms with van der Waals surface area (Å²) >= 11 is 6.22. The van der Waals surface area contributed by atoms with Crippen LogP contribution in [0.5, 0.6) is 0 Å². The van der Waals surface area contributed by atoms with E-state index < -0.39 is 5.60 Å². The summed E-state index contributed by atoms with van der Waals surface area (Å²) in [6, 6.07) is 7.96. The number of fused-ring (bicyclic) bond motifs is 1. The maximum Gasteiger partial charge on any atom is 0.0875 e. The van der Waals surface area contributed by atoms with Crippen molar-refractivity contribution in [2.45, 2.75) is 56.6 Å². The number of hydrogen-bond acceptors (Lipinski definition) is 2. The summed E-state index contributed by atoms with van der Waals surface area (Å²) in [5.74, 6) is 0.468. The van der Waals surface area contributed by atoms with Crippen LogP contribution in [-0.4, -0.2) is 16.7 Å². The van der Waals surface area contributed by atoms with Gasteiger partial charge in [0, 0.05) is 0 Å². The average Bonchev–Trinajstić information content (AvgIpc) is 2.42. The quantitative estimate of drug-likeness (QED) is 0.849. The molecule has 2 N–H and O–H groups in total. The molecule has 2 fully saturated rings. The first-order chi connectivity index (χ1) is 9.20. The van der Waals surface area contributed by atoms with Crippen LogP contribution < -0.4 is 5.32 Å². The van der Waals surface area contributed by atoms with Gasteiger partial charge in [-0.1, -0.05) is 43.0 Å². The number of anilines is 1. The molecule has 2 saturated carbocycles. The molecule has 2 aliphatic rings. The highest BCUT2D eigenvalue weighted by atomic mass is 35.5. The van der Waals surface area contributed by atoms with Gasteiger partial charge in [0.15, 0.2) is 0 Å². The summed E-state index contributed by atoms with van der Waals surface area (Å²) in [5.41, 5.74) is 0.421. The Morgan fingerprint density at radius 2 is 1.89 bits per heavy atom. The van der Waals surface area contributed by atoms with Crippen LogP contribution in [0.2, 0.25) is 5.02 Å². The van der Waals surface area contributed by atoms with E-state index in [0.717, 1.165) is 30.0 Å². The molecule has 1 aromatic carbocycles. The molecule has 104 valence electrons. The normalized spacial score (nSPS) is 34.6. The molecule has 0 saturated heterocycles. The first kappa shape index (κ1) is 13.3. The molecule has 0 bridgehead atoms. The molecule has 19 heavy (non-hydrogen) atoms. The van der Waals surface area contributed by atoms with Crippen LogP contribution in [0, 0.1) is 5.92 Å². The van der Waals surface area contributed by atoms with Crippen LogP contribution >= 0.6 is 11.6 Å². The number of hydrogen-bond donors (Lipinski definition) is 2. The molecule has 0 aliphatic heterocycles. The van der Waals surface area contributed by atoms with Crippen LogP contribution in [-0.2, 0) is 0 Å². The topological polar surface area (TPSA) is 32.3 Å². The second-order valence-electron chi connectivity index (χ2n) is 6.04. The molecule has 0 heterocycles. The fraction of sp³-hybridized carbons (Fsp3) is 0.625. The Balaban J connectivity index is 1.81. The van der Waals surface area contributed by atoms with Crippen LogP contribution in [0.15, 0.2) is 24.3 Å². The number of nitrogens with one attached hydrogen (secondary N) is 1. The lowest BCUT2D eigenvalue weighted by atomic mass is 9.65. The lowest BCUT2D eigenvalue weighted by molar-refractivity contribution is -0.0835. The predicted octanol–water partition coefficient (Wildman–Crippen LogP) is 4.23. The first-order valence-electron chi connectivity index (χ1n) is 7.43. The molecule has 3 rings (SSSR count). The van der Waals surface area contributed by atoms with Crippen molar-refractivity contribution < 1.29 is 5.11 Å². The van der Waals surface area contributed by atoms with E-state index in [4.69, 9.17) is 11.6 Å². The fourth-order valence-corrected chi connectivity index (χ4v) is 4.08. The summed E-state index contributed by atoms with van der Waals surface area (Å²) in [5, 5.41) is 15.3. The van der Waals surface area contributed by atoms with E-state index in [1.807, 2.05) is 24.3 Å². The van der Waals surface area contributed by atoms with Crippen molar-refractivity contribution in [1.82, 2.24) is 0 Å². The van der Waals surface area contributed by atoms with E-state index in [0.29, 0.717) is 5.92 Å². The zero-order valence-corrected chi connectivity index (χ0v) is 12.0. The minimum Gasteiger partial charge on any atom is -0.387 e. The monoisotopic (exact) mass is 279 g/mol. The molecule has 3 atom stereocenters. The van der Waals surface area contributed by atoms with Crippen molar-refractivity contribution in [3.8, 4) is 0 Å². The summed E-state index contributed by atoms with van der Waals surface area (Å²) in [6.45, 7) is 0. The van der Waals surface area contributed by atoms with Gasteiger partial charge in [-0.25, -0.2) is 0 Å². The van der Waals surface area contributed by atoms with E-state index in [2.05, 4.69) is 5.32 Å². The highest BCUT2D eigenvalue weighted by Gasteiger charge is 2.47. The molecule has 2 aliphatic carbocycles. The minimum absolute atomic E-state index is 0.145. The Bertz CT molecular complexity index is 448. The van der Waals surface area contributed by atoms with Gasteiger partial charge >= 0.3 is 0 Å². The Kier molecular flexibility index (Phi) is 3.72. The van der Waals surface area contributed by atoms with E-state index in [9.17, 15) is 5.11 Å². The highest BCUT2D eigenvalue weighted by Crippen LogP contribution is 2.45. The zero-order chi connectivity index (χ0) is 13.3. The zero-order valence-electron chi connectivity index (χ0n) is 11.2. The van der Waals surface area contributed by atoms with Crippen molar-refractivity contribution in [2.75, 3.05) is 5.32 Å². The Labute approximate surface area is 120 Å². The smallest absolute Gasteiger partial charge is 0.0875 e. The molecule has 0 amide bonds. The molecule has 1 unspecified atom stereocenters. The van der Waals surface area contributed by atoms with Crippen molar-refractivity contribution in [3.05, 3.63) is 29.3 Å². The van der Waals surface area contributed by atoms with Crippen molar-refractivity contribution in [1.29, 1.82) is 0 Å². The Hall–Kier alpha value is -0.730. The summed E-state index contributed by atoms with van der Waals surface area (Å²) in [7, 11) is 0. The molecular weight excluding hydrogens is 258 g/mol. The number of rotatable bonds is 2. The van der Waals surface area contributed by atoms with Gasteiger partial charge in [0.2, 0.25) is 0 Å². The van der Waals surface area contributed by atoms with E-state index >= 15 is 0 Å². The number of aliphatic hydroxyl groups is 1. The summed E-state index contributed by atoms with van der Waals surface area (Å²) in [4.78, 5) is 0. The maximum absolute atomic E-state index is 11.1. The van der Waals surface area contributed by atoms with Gasteiger partial charge in [-0.05, 0) is 43.7 Å². The van der Waals surface area contributed by atoms with Gasteiger partial charge in [-0.2, -0.15) is 0 Å². The number of para-hydroxylation sites is 1. The van der Waals surface area contributed by atoms with Crippen LogP contribution in [0.4, 0.5) is 5.69 Å².